The number of hydrogen-bond donors (Lipinski definition) is 1. The van der Waals surface area contributed by atoms with Gasteiger partial charge in [0.25, 0.3) is 0 Å². The van der Waals surface area contributed by atoms with E-state index in [1.165, 1.54) is 0 Å². The summed E-state index contributed by atoms with van der Waals surface area (Å²) in [5.41, 5.74) is 0. The maximum absolute atomic E-state index is 9.83. The summed E-state index contributed by atoms with van der Waals surface area (Å²) in [7, 11) is -4.23. The van der Waals surface area contributed by atoms with E-state index < -0.39 is 7.60 Å². The monoisotopic (exact) mass is 200 g/mol. The quantitative estimate of drug-likeness (QED) is 0.280. The summed E-state index contributed by atoms with van der Waals surface area (Å²) in [5, 5.41) is 0. The maximum Gasteiger partial charge on any atom is 1.00 e. The Morgan fingerprint density at radius 3 is 1.80 bits per heavy atom. The Morgan fingerprint density at radius 2 is 1.70 bits per heavy atom. The van der Waals surface area contributed by atoms with Crippen molar-refractivity contribution in [1.29, 1.82) is 0 Å². The molecule has 0 radical (unpaired) electrons. The van der Waals surface area contributed by atoms with Crippen LogP contribution in [-0.4, -0.2) is 11.9 Å². The molecular formula is C3H7Na2O3PS. The van der Waals surface area contributed by atoms with Gasteiger partial charge in [0.15, 0.2) is 0 Å². The summed E-state index contributed by atoms with van der Waals surface area (Å²) in [6.07, 6.45) is 0.0872. The minimum absolute atomic E-state index is 0. The van der Waals surface area contributed by atoms with Gasteiger partial charge in [0.05, 0.1) is 0 Å². The van der Waals surface area contributed by atoms with E-state index in [4.69, 9.17) is 0 Å². The van der Waals surface area contributed by atoms with Crippen LogP contribution >= 0.6 is 20.2 Å². The summed E-state index contributed by atoms with van der Waals surface area (Å²) in [5.74, 6) is 0.453. The van der Waals surface area contributed by atoms with Crippen LogP contribution in [0, 0.1) is 0 Å². The van der Waals surface area contributed by atoms with Crippen LogP contribution in [0.2, 0.25) is 0 Å². The standard InChI is InChI=1S/C3H9O3PS.2Na/c4-7(5,6)2-1-3-8;;/h8H,1-3H2,(H2,4,5,6);;/q;2*+1/p-2. The molecule has 10 heavy (non-hydrogen) atoms. The topological polar surface area (TPSA) is 63.2 Å². The van der Waals surface area contributed by atoms with Crippen LogP contribution in [0.4, 0.5) is 0 Å². The zero-order valence-corrected chi connectivity index (χ0v) is 12.0. The second-order valence-electron chi connectivity index (χ2n) is 1.41. The van der Waals surface area contributed by atoms with Gasteiger partial charge in [-0.25, -0.2) is 0 Å². The molecule has 0 atom stereocenters. The Balaban J connectivity index is -0.000000245. The third-order valence-corrected chi connectivity index (χ3v) is 1.77. The number of thiol groups is 1. The zero-order valence-electron chi connectivity index (χ0n) is 6.24. The molecule has 0 unspecified atom stereocenters. The van der Waals surface area contributed by atoms with E-state index in [9.17, 15) is 14.4 Å². The molecule has 0 heterocycles. The fraction of sp³-hybridized carbons (Fsp3) is 1.00. The number of rotatable bonds is 3. The van der Waals surface area contributed by atoms with Crippen LogP contribution in [0.1, 0.15) is 6.42 Å². The molecule has 50 valence electrons. The predicted octanol–water partition coefficient (Wildman–Crippen LogP) is -6.77. The SMILES string of the molecule is O=P([O-])([O-])CCCS.[Na+].[Na+]. The molecule has 0 saturated heterocycles. The minimum atomic E-state index is -4.23. The fourth-order valence-corrected chi connectivity index (χ4v) is 1.22. The van der Waals surface area contributed by atoms with Crippen LogP contribution in [0.15, 0.2) is 0 Å². The second kappa shape index (κ2) is 9.59. The van der Waals surface area contributed by atoms with Crippen molar-refractivity contribution in [2.45, 2.75) is 6.42 Å². The average molecular weight is 200 g/mol. The second-order valence-corrected chi connectivity index (χ2v) is 3.53. The molecule has 0 aromatic carbocycles. The van der Waals surface area contributed by atoms with Crippen molar-refractivity contribution in [2.24, 2.45) is 0 Å². The summed E-state index contributed by atoms with van der Waals surface area (Å²) in [4.78, 5) is 19.7. The van der Waals surface area contributed by atoms with E-state index in [-0.39, 0.29) is 65.3 Å². The van der Waals surface area contributed by atoms with Crippen LogP contribution < -0.4 is 68.9 Å². The minimum Gasteiger partial charge on any atom is -0.811 e. The first kappa shape index (κ1) is 18.3. The first-order chi connectivity index (χ1) is 3.56. The van der Waals surface area contributed by atoms with Crippen LogP contribution in [0.5, 0.6) is 0 Å². The van der Waals surface area contributed by atoms with Crippen molar-refractivity contribution < 1.29 is 73.5 Å². The molecule has 0 fully saturated rings. The Kier molecular flexibility index (Phi) is 17.6. The van der Waals surface area contributed by atoms with Gasteiger partial charge in [0.1, 0.15) is 0 Å². The average Bonchev–Trinajstić information content (AvgIpc) is 1.59. The van der Waals surface area contributed by atoms with E-state index in [1.807, 2.05) is 0 Å². The van der Waals surface area contributed by atoms with Gasteiger partial charge in [-0.1, -0.05) is 7.60 Å². The summed E-state index contributed by atoms with van der Waals surface area (Å²) < 4.78 is 9.83. The molecule has 0 rings (SSSR count). The van der Waals surface area contributed by atoms with Gasteiger partial charge in [-0.2, -0.15) is 12.6 Å². The zero-order chi connectivity index (χ0) is 6.62. The Morgan fingerprint density at radius 1 is 1.30 bits per heavy atom. The number of hydrogen-bond acceptors (Lipinski definition) is 4. The van der Waals surface area contributed by atoms with Gasteiger partial charge in [-0.15, -0.1) is 0 Å². The summed E-state index contributed by atoms with van der Waals surface area (Å²) >= 11 is 3.73. The van der Waals surface area contributed by atoms with Crippen molar-refractivity contribution in [1.82, 2.24) is 0 Å². The molecule has 0 aliphatic rings. The first-order valence-electron chi connectivity index (χ1n) is 2.18. The molecule has 0 bridgehead atoms. The molecule has 0 spiro atoms. The van der Waals surface area contributed by atoms with Crippen molar-refractivity contribution in [3.05, 3.63) is 0 Å². The first-order valence-corrected chi connectivity index (χ1v) is 4.54. The molecule has 0 aromatic rings. The fourth-order valence-electron chi connectivity index (χ4n) is 0.264. The van der Waals surface area contributed by atoms with Crippen LogP contribution in [-0.2, 0) is 4.57 Å². The molecule has 0 N–H and O–H groups in total. The van der Waals surface area contributed by atoms with Gasteiger partial charge < -0.3 is 14.4 Å². The summed E-state index contributed by atoms with van der Waals surface area (Å²) in [6, 6.07) is 0. The van der Waals surface area contributed by atoms with E-state index in [1.54, 1.807) is 0 Å². The van der Waals surface area contributed by atoms with Gasteiger partial charge in [0.2, 0.25) is 0 Å². The molecule has 0 saturated carbocycles. The van der Waals surface area contributed by atoms with E-state index >= 15 is 0 Å². The van der Waals surface area contributed by atoms with Crippen molar-refractivity contribution >= 4 is 20.2 Å². The smallest absolute Gasteiger partial charge is 0.811 e. The van der Waals surface area contributed by atoms with E-state index in [2.05, 4.69) is 12.6 Å². The molecule has 0 aliphatic carbocycles. The van der Waals surface area contributed by atoms with Gasteiger partial charge >= 0.3 is 59.1 Å². The van der Waals surface area contributed by atoms with Crippen molar-refractivity contribution in [3.8, 4) is 0 Å². The summed E-state index contributed by atoms with van der Waals surface area (Å²) in [6.45, 7) is 0. The van der Waals surface area contributed by atoms with Crippen molar-refractivity contribution in [2.75, 3.05) is 11.9 Å². The maximum atomic E-state index is 9.83. The predicted molar refractivity (Wildman–Crippen MR) is 30.9 cm³/mol. The van der Waals surface area contributed by atoms with E-state index in [0.717, 1.165) is 0 Å². The third kappa shape index (κ3) is 16.8. The molecule has 0 aromatic heterocycles. The van der Waals surface area contributed by atoms with Gasteiger partial charge in [0, 0.05) is 0 Å². The van der Waals surface area contributed by atoms with Crippen molar-refractivity contribution in [3.63, 3.8) is 0 Å². The molecule has 3 nitrogen and oxygen atoms in total. The van der Waals surface area contributed by atoms with Crippen LogP contribution in [0.25, 0.3) is 0 Å². The third-order valence-electron chi connectivity index (χ3n) is 0.590. The molecule has 7 heteroatoms. The van der Waals surface area contributed by atoms with E-state index in [0.29, 0.717) is 12.2 Å². The van der Waals surface area contributed by atoms with Gasteiger partial charge in [-0.3, -0.25) is 0 Å². The molecular weight excluding hydrogens is 193 g/mol. The Labute approximate surface area is 111 Å². The molecule has 0 amide bonds. The Bertz CT molecular complexity index is 106. The largest absolute Gasteiger partial charge is 1.00 e. The van der Waals surface area contributed by atoms with Gasteiger partial charge in [-0.05, 0) is 18.3 Å². The molecule has 0 aliphatic heterocycles. The normalized spacial score (nSPS) is 9.50. The Hall–Kier alpha value is 2.50. The van der Waals surface area contributed by atoms with Crippen LogP contribution in [0.3, 0.4) is 0 Å².